The van der Waals surface area contributed by atoms with Crippen LogP contribution in [0.2, 0.25) is 0 Å². The maximum absolute atomic E-state index is 12.9. The van der Waals surface area contributed by atoms with Gasteiger partial charge < -0.3 is 14.1 Å². The van der Waals surface area contributed by atoms with Crippen LogP contribution < -0.4 is 10.4 Å². The molecule has 1 saturated heterocycles. The largest absolute Gasteiger partial charge is 0.488 e. The summed E-state index contributed by atoms with van der Waals surface area (Å²) in [4.78, 5) is 30.7. The maximum Gasteiger partial charge on any atom is 0.349 e. The van der Waals surface area contributed by atoms with Crippen LogP contribution in [0.3, 0.4) is 0 Å². The number of likely N-dealkylation sites (tertiary alicyclic amines) is 1. The molecule has 3 heterocycles. The highest BCUT2D eigenvalue weighted by atomic mass is 16.5. The second-order valence-electron chi connectivity index (χ2n) is 6.30. The quantitative estimate of drug-likeness (QED) is 0.679. The van der Waals surface area contributed by atoms with E-state index in [0.717, 1.165) is 24.0 Å². The topological polar surface area (TPSA) is 72.6 Å². The molecule has 1 amide bonds. The van der Waals surface area contributed by atoms with Gasteiger partial charge in [-0.3, -0.25) is 9.78 Å². The zero-order valence-corrected chi connectivity index (χ0v) is 14.1. The zero-order chi connectivity index (χ0) is 17.9. The van der Waals surface area contributed by atoms with Crippen molar-refractivity contribution in [1.82, 2.24) is 9.88 Å². The molecule has 1 aliphatic heterocycles. The average Bonchev–Trinajstić information content (AvgIpc) is 2.68. The molecule has 0 radical (unpaired) electrons. The minimum atomic E-state index is -0.606. The Morgan fingerprint density at radius 2 is 2.00 bits per heavy atom. The van der Waals surface area contributed by atoms with Crippen molar-refractivity contribution in [3.63, 3.8) is 0 Å². The fourth-order valence-corrected chi connectivity index (χ4v) is 3.21. The molecule has 132 valence electrons. The van der Waals surface area contributed by atoms with Gasteiger partial charge in [-0.05, 0) is 37.1 Å². The molecule has 1 unspecified atom stereocenters. The van der Waals surface area contributed by atoms with E-state index in [9.17, 15) is 9.59 Å². The highest BCUT2D eigenvalue weighted by Gasteiger charge is 2.27. The molecule has 0 saturated carbocycles. The van der Waals surface area contributed by atoms with Crippen LogP contribution in [0.5, 0.6) is 5.75 Å². The van der Waals surface area contributed by atoms with E-state index < -0.39 is 5.63 Å². The highest BCUT2D eigenvalue weighted by Crippen LogP contribution is 2.20. The Morgan fingerprint density at radius 3 is 2.85 bits per heavy atom. The van der Waals surface area contributed by atoms with Crippen LogP contribution in [0.25, 0.3) is 11.0 Å². The van der Waals surface area contributed by atoms with Gasteiger partial charge in [0, 0.05) is 24.3 Å². The second-order valence-corrected chi connectivity index (χ2v) is 6.30. The molecular weight excluding hydrogens is 332 g/mol. The molecule has 1 fully saturated rings. The molecule has 26 heavy (non-hydrogen) atoms. The molecular formula is C20H18N2O4. The summed E-state index contributed by atoms with van der Waals surface area (Å²) in [5, 5.41) is 0.733. The molecule has 0 bridgehead atoms. The smallest absolute Gasteiger partial charge is 0.349 e. The van der Waals surface area contributed by atoms with Gasteiger partial charge in [0.1, 0.15) is 23.0 Å². The third-order valence-corrected chi connectivity index (χ3v) is 4.49. The molecule has 3 aromatic rings. The summed E-state index contributed by atoms with van der Waals surface area (Å²) in [6.45, 7) is 1.04. The zero-order valence-electron chi connectivity index (χ0n) is 14.1. The first-order chi connectivity index (χ1) is 12.7. The minimum absolute atomic E-state index is 0.0632. The maximum atomic E-state index is 12.9. The number of hydrogen-bond acceptors (Lipinski definition) is 5. The van der Waals surface area contributed by atoms with Crippen LogP contribution in [0, 0.1) is 0 Å². The Morgan fingerprint density at radius 1 is 1.19 bits per heavy atom. The van der Waals surface area contributed by atoms with Crippen molar-refractivity contribution in [3.8, 4) is 5.75 Å². The summed E-state index contributed by atoms with van der Waals surface area (Å²) in [7, 11) is 0. The molecule has 0 aliphatic carbocycles. The molecule has 2 aromatic heterocycles. The number of carbonyl (C=O) groups excluding carboxylic acids is 1. The van der Waals surface area contributed by atoms with E-state index in [2.05, 4.69) is 4.98 Å². The first-order valence-corrected chi connectivity index (χ1v) is 8.59. The Bertz CT molecular complexity index is 984. The van der Waals surface area contributed by atoms with Gasteiger partial charge in [0.2, 0.25) is 0 Å². The Labute approximate surface area is 150 Å². The molecule has 1 atom stereocenters. The van der Waals surface area contributed by atoms with Crippen molar-refractivity contribution in [2.24, 2.45) is 0 Å². The Balaban J connectivity index is 1.54. The number of aromatic nitrogens is 1. The fraction of sp³-hybridized carbons (Fsp3) is 0.250. The predicted molar refractivity (Wildman–Crippen MR) is 96.3 cm³/mol. The molecule has 1 aromatic carbocycles. The van der Waals surface area contributed by atoms with Crippen LogP contribution in [-0.4, -0.2) is 35.0 Å². The van der Waals surface area contributed by atoms with Crippen LogP contribution in [0.4, 0.5) is 0 Å². The lowest BCUT2D eigenvalue weighted by Gasteiger charge is -2.32. The highest BCUT2D eigenvalue weighted by molar-refractivity contribution is 5.96. The molecule has 4 rings (SSSR count). The van der Waals surface area contributed by atoms with Crippen molar-refractivity contribution in [3.05, 3.63) is 70.8 Å². The van der Waals surface area contributed by atoms with Gasteiger partial charge in [-0.1, -0.05) is 18.2 Å². The minimum Gasteiger partial charge on any atom is -0.488 e. The van der Waals surface area contributed by atoms with E-state index in [-0.39, 0.29) is 17.6 Å². The van der Waals surface area contributed by atoms with E-state index in [4.69, 9.17) is 9.15 Å². The van der Waals surface area contributed by atoms with Crippen LogP contribution in [0.1, 0.15) is 23.2 Å². The first kappa shape index (κ1) is 16.3. The van der Waals surface area contributed by atoms with E-state index in [1.54, 1.807) is 47.6 Å². The first-order valence-electron chi connectivity index (χ1n) is 8.59. The number of benzene rings is 1. The van der Waals surface area contributed by atoms with E-state index in [1.165, 1.54) is 0 Å². The molecule has 6 nitrogen and oxygen atoms in total. The van der Waals surface area contributed by atoms with E-state index in [0.29, 0.717) is 18.7 Å². The van der Waals surface area contributed by atoms with Crippen LogP contribution >= 0.6 is 0 Å². The summed E-state index contributed by atoms with van der Waals surface area (Å²) in [5.74, 6) is 0.414. The van der Waals surface area contributed by atoms with Crippen molar-refractivity contribution >= 4 is 16.9 Å². The van der Waals surface area contributed by atoms with Gasteiger partial charge in [0.05, 0.1) is 6.54 Å². The van der Waals surface area contributed by atoms with Gasteiger partial charge in [-0.15, -0.1) is 0 Å². The van der Waals surface area contributed by atoms with E-state index in [1.807, 2.05) is 12.1 Å². The Kier molecular flexibility index (Phi) is 4.39. The summed E-state index contributed by atoms with van der Waals surface area (Å²) >= 11 is 0. The predicted octanol–water partition coefficient (Wildman–Crippen LogP) is 2.87. The molecule has 6 heteroatoms. The van der Waals surface area contributed by atoms with Gasteiger partial charge in [-0.25, -0.2) is 4.79 Å². The third-order valence-electron chi connectivity index (χ3n) is 4.49. The second kappa shape index (κ2) is 7.00. The number of rotatable bonds is 3. The summed E-state index contributed by atoms with van der Waals surface area (Å²) in [5.41, 5.74) is -0.0641. The number of fused-ring (bicyclic) bond motifs is 1. The number of nitrogens with zero attached hydrogens (tertiary/aromatic N) is 2. The normalized spacial score (nSPS) is 17.2. The van der Waals surface area contributed by atoms with E-state index >= 15 is 0 Å². The molecule has 0 N–H and O–H groups in total. The van der Waals surface area contributed by atoms with Gasteiger partial charge >= 0.3 is 5.63 Å². The third kappa shape index (κ3) is 3.31. The number of piperidine rings is 1. The Hall–Kier alpha value is -3.15. The lowest BCUT2D eigenvalue weighted by Crippen LogP contribution is -2.45. The fourth-order valence-electron chi connectivity index (χ4n) is 3.21. The van der Waals surface area contributed by atoms with Crippen molar-refractivity contribution in [2.75, 3.05) is 13.1 Å². The summed E-state index contributed by atoms with van der Waals surface area (Å²) in [6.07, 6.45) is 4.91. The SMILES string of the molecule is O=C(c1cc2ccccc2oc1=O)N1CCCC(Oc2ccncc2)C1. The van der Waals surface area contributed by atoms with Crippen LogP contribution in [0.15, 0.2) is 64.1 Å². The average molecular weight is 350 g/mol. The van der Waals surface area contributed by atoms with Crippen molar-refractivity contribution in [2.45, 2.75) is 18.9 Å². The van der Waals surface area contributed by atoms with Crippen LogP contribution in [-0.2, 0) is 0 Å². The number of ether oxygens (including phenoxy) is 1. The van der Waals surface area contributed by atoms with Gasteiger partial charge in [0.15, 0.2) is 0 Å². The molecule has 0 spiro atoms. The monoisotopic (exact) mass is 350 g/mol. The van der Waals surface area contributed by atoms with Gasteiger partial charge in [0.25, 0.3) is 5.91 Å². The lowest BCUT2D eigenvalue weighted by atomic mass is 10.1. The van der Waals surface area contributed by atoms with Crippen molar-refractivity contribution in [1.29, 1.82) is 0 Å². The summed E-state index contributed by atoms with van der Waals surface area (Å²) in [6, 6.07) is 12.4. The lowest BCUT2D eigenvalue weighted by molar-refractivity contribution is 0.0534. The number of amides is 1. The molecule has 1 aliphatic rings. The van der Waals surface area contributed by atoms with Crippen molar-refractivity contribution < 1.29 is 13.9 Å². The number of pyridine rings is 1. The number of para-hydroxylation sites is 1. The number of carbonyl (C=O) groups is 1. The summed E-state index contributed by atoms with van der Waals surface area (Å²) < 4.78 is 11.2. The van der Waals surface area contributed by atoms with Gasteiger partial charge in [-0.2, -0.15) is 0 Å². The standard InChI is InChI=1S/C20H18N2O4/c23-19(17-12-14-4-1-2-6-18(14)26-20(17)24)22-11-3-5-16(13-22)25-15-7-9-21-10-8-15/h1-2,4,6-10,12,16H,3,5,11,13H2. The number of hydrogen-bond donors (Lipinski definition) is 0.